The number of rotatable bonds is 3. The first-order valence-corrected chi connectivity index (χ1v) is 7.31. The normalized spacial score (nSPS) is 15.8. The summed E-state index contributed by atoms with van der Waals surface area (Å²) in [5.41, 5.74) is 1.37. The highest BCUT2D eigenvalue weighted by Crippen LogP contribution is 2.28. The number of thiazole rings is 1. The first kappa shape index (κ1) is 13.5. The number of aromatic nitrogens is 1. The molecule has 0 amide bonds. The van der Waals surface area contributed by atoms with E-state index in [1.54, 1.807) is 11.3 Å². The molecule has 18 heavy (non-hydrogen) atoms. The van der Waals surface area contributed by atoms with Crippen molar-refractivity contribution in [3.63, 3.8) is 0 Å². The molecule has 0 aliphatic carbocycles. The smallest absolute Gasteiger partial charge is 0.111 e. The van der Waals surface area contributed by atoms with Crippen molar-refractivity contribution in [1.29, 1.82) is 0 Å². The van der Waals surface area contributed by atoms with E-state index in [1.165, 1.54) is 9.71 Å². The zero-order chi connectivity index (χ0) is 13.3. The van der Waals surface area contributed by atoms with Crippen LogP contribution in [0, 0.1) is 5.41 Å². The van der Waals surface area contributed by atoms with E-state index in [0.717, 1.165) is 5.52 Å². The van der Waals surface area contributed by atoms with Gasteiger partial charge in [0.1, 0.15) is 5.01 Å². The molecular weight excluding hydrogens is 240 g/mol. The largest absolute Gasteiger partial charge is 0.305 e. The Labute approximate surface area is 113 Å². The van der Waals surface area contributed by atoms with Crippen molar-refractivity contribution in [1.82, 2.24) is 10.3 Å². The lowest BCUT2D eigenvalue weighted by atomic mass is 9.88. The van der Waals surface area contributed by atoms with Crippen LogP contribution in [0.2, 0.25) is 0 Å². The van der Waals surface area contributed by atoms with Crippen molar-refractivity contribution in [3.8, 4) is 0 Å². The summed E-state index contributed by atoms with van der Waals surface area (Å²) < 4.78 is 1.27. The molecule has 0 saturated carbocycles. The average molecular weight is 262 g/mol. The zero-order valence-corrected chi connectivity index (χ0v) is 12.6. The fourth-order valence-corrected chi connectivity index (χ4v) is 2.75. The van der Waals surface area contributed by atoms with Gasteiger partial charge < -0.3 is 5.32 Å². The molecule has 0 radical (unpaired) electrons. The fraction of sp³-hybridized carbons (Fsp3) is 0.533. The zero-order valence-electron chi connectivity index (χ0n) is 11.8. The standard InChI is InChI=1S/C15H22N2S/c1-10(16-11(2)15(3,4)5)14-17-12-8-6-7-9-13(12)18-14/h6-11,16H,1-5H3. The lowest BCUT2D eigenvalue weighted by molar-refractivity contribution is 0.268. The van der Waals surface area contributed by atoms with Gasteiger partial charge in [-0.2, -0.15) is 0 Å². The summed E-state index contributed by atoms with van der Waals surface area (Å²) in [5, 5.41) is 4.82. The predicted molar refractivity (Wildman–Crippen MR) is 80.1 cm³/mol. The number of hydrogen-bond donors (Lipinski definition) is 1. The summed E-state index contributed by atoms with van der Waals surface area (Å²) in [7, 11) is 0. The number of nitrogens with zero attached hydrogens (tertiary/aromatic N) is 1. The van der Waals surface area contributed by atoms with Crippen molar-refractivity contribution in [2.24, 2.45) is 5.41 Å². The van der Waals surface area contributed by atoms with Gasteiger partial charge in [0, 0.05) is 6.04 Å². The Morgan fingerprint density at radius 1 is 1.17 bits per heavy atom. The van der Waals surface area contributed by atoms with Gasteiger partial charge in [0.2, 0.25) is 0 Å². The highest BCUT2D eigenvalue weighted by atomic mass is 32.1. The Bertz CT molecular complexity index is 492. The Morgan fingerprint density at radius 2 is 1.83 bits per heavy atom. The fourth-order valence-electron chi connectivity index (χ4n) is 1.77. The molecule has 1 heterocycles. The van der Waals surface area contributed by atoms with Gasteiger partial charge in [0.25, 0.3) is 0 Å². The van der Waals surface area contributed by atoms with Crippen LogP contribution in [0.15, 0.2) is 24.3 Å². The van der Waals surface area contributed by atoms with Gasteiger partial charge in [0.05, 0.1) is 16.3 Å². The number of para-hydroxylation sites is 1. The third-order valence-electron chi connectivity index (χ3n) is 3.48. The Balaban J connectivity index is 2.16. The van der Waals surface area contributed by atoms with E-state index in [4.69, 9.17) is 4.98 Å². The van der Waals surface area contributed by atoms with Gasteiger partial charge in [-0.05, 0) is 31.4 Å². The van der Waals surface area contributed by atoms with E-state index in [1.807, 2.05) is 6.07 Å². The first-order valence-electron chi connectivity index (χ1n) is 6.49. The molecule has 0 saturated heterocycles. The highest BCUT2D eigenvalue weighted by Gasteiger charge is 2.22. The van der Waals surface area contributed by atoms with Crippen LogP contribution in [0.5, 0.6) is 0 Å². The Hall–Kier alpha value is -0.930. The van der Waals surface area contributed by atoms with Crippen LogP contribution in [0.4, 0.5) is 0 Å². The van der Waals surface area contributed by atoms with Crippen LogP contribution < -0.4 is 5.32 Å². The maximum Gasteiger partial charge on any atom is 0.111 e. The second-order valence-corrected chi connectivity index (χ2v) is 7.06. The molecular formula is C15H22N2S. The summed E-state index contributed by atoms with van der Waals surface area (Å²) in [4.78, 5) is 4.70. The molecule has 2 nitrogen and oxygen atoms in total. The second kappa shape index (κ2) is 4.98. The third kappa shape index (κ3) is 2.90. The quantitative estimate of drug-likeness (QED) is 0.888. The molecule has 0 bridgehead atoms. The summed E-state index contributed by atoms with van der Waals surface area (Å²) in [6, 6.07) is 9.09. The van der Waals surface area contributed by atoms with E-state index in [0.29, 0.717) is 12.1 Å². The summed E-state index contributed by atoms with van der Waals surface area (Å²) >= 11 is 1.78. The van der Waals surface area contributed by atoms with Gasteiger partial charge in [0.15, 0.2) is 0 Å². The van der Waals surface area contributed by atoms with Gasteiger partial charge in [-0.1, -0.05) is 32.9 Å². The number of fused-ring (bicyclic) bond motifs is 1. The summed E-state index contributed by atoms with van der Waals surface area (Å²) in [6.45, 7) is 11.2. The SMILES string of the molecule is CC(NC(C)C(C)(C)C)c1nc2ccccc2s1. The monoisotopic (exact) mass is 262 g/mol. The van der Waals surface area contributed by atoms with Crippen molar-refractivity contribution < 1.29 is 0 Å². The topological polar surface area (TPSA) is 24.9 Å². The minimum absolute atomic E-state index is 0.269. The molecule has 0 aliphatic rings. The van der Waals surface area contributed by atoms with Crippen molar-refractivity contribution in [2.45, 2.75) is 46.7 Å². The minimum Gasteiger partial charge on any atom is -0.305 e. The molecule has 2 atom stereocenters. The van der Waals surface area contributed by atoms with Crippen LogP contribution in [0.25, 0.3) is 10.2 Å². The van der Waals surface area contributed by atoms with Crippen molar-refractivity contribution in [2.75, 3.05) is 0 Å². The van der Waals surface area contributed by atoms with E-state index in [2.05, 4.69) is 58.1 Å². The van der Waals surface area contributed by atoms with Crippen molar-refractivity contribution in [3.05, 3.63) is 29.3 Å². The lowest BCUT2D eigenvalue weighted by Crippen LogP contribution is -2.39. The molecule has 2 unspecified atom stereocenters. The van der Waals surface area contributed by atoms with E-state index in [9.17, 15) is 0 Å². The number of hydrogen-bond acceptors (Lipinski definition) is 3. The van der Waals surface area contributed by atoms with Crippen LogP contribution >= 0.6 is 11.3 Å². The molecule has 0 spiro atoms. The van der Waals surface area contributed by atoms with Crippen LogP contribution in [-0.4, -0.2) is 11.0 Å². The maximum atomic E-state index is 4.70. The summed E-state index contributed by atoms with van der Waals surface area (Å²) in [6.07, 6.45) is 0. The molecule has 0 fully saturated rings. The van der Waals surface area contributed by atoms with E-state index >= 15 is 0 Å². The Morgan fingerprint density at radius 3 is 2.44 bits per heavy atom. The van der Waals surface area contributed by atoms with E-state index in [-0.39, 0.29) is 5.41 Å². The van der Waals surface area contributed by atoms with E-state index < -0.39 is 0 Å². The molecule has 1 aromatic carbocycles. The Kier molecular flexibility index (Phi) is 3.74. The second-order valence-electron chi connectivity index (χ2n) is 6.00. The van der Waals surface area contributed by atoms with Gasteiger partial charge >= 0.3 is 0 Å². The molecule has 1 N–H and O–H groups in total. The molecule has 0 aliphatic heterocycles. The summed E-state index contributed by atoms with van der Waals surface area (Å²) in [5.74, 6) is 0. The molecule has 98 valence electrons. The lowest BCUT2D eigenvalue weighted by Gasteiger charge is -2.30. The minimum atomic E-state index is 0.269. The number of benzene rings is 1. The number of nitrogens with one attached hydrogen (secondary N) is 1. The van der Waals surface area contributed by atoms with Crippen LogP contribution in [-0.2, 0) is 0 Å². The molecule has 1 aromatic heterocycles. The molecule has 2 rings (SSSR count). The molecule has 3 heteroatoms. The average Bonchev–Trinajstić information content (AvgIpc) is 2.71. The maximum absolute atomic E-state index is 4.70. The highest BCUT2D eigenvalue weighted by molar-refractivity contribution is 7.18. The van der Waals surface area contributed by atoms with Gasteiger partial charge in [-0.3, -0.25) is 0 Å². The predicted octanol–water partition coefficient (Wildman–Crippen LogP) is 4.38. The van der Waals surface area contributed by atoms with Gasteiger partial charge in [-0.15, -0.1) is 11.3 Å². The van der Waals surface area contributed by atoms with Crippen molar-refractivity contribution >= 4 is 21.6 Å². The van der Waals surface area contributed by atoms with Gasteiger partial charge in [-0.25, -0.2) is 4.98 Å². The molecule has 2 aromatic rings. The van der Waals surface area contributed by atoms with Crippen LogP contribution in [0.1, 0.15) is 45.7 Å². The third-order valence-corrected chi connectivity index (χ3v) is 4.70. The first-order chi connectivity index (χ1) is 8.38. The van der Waals surface area contributed by atoms with Crippen LogP contribution in [0.3, 0.4) is 0 Å².